The van der Waals surface area contributed by atoms with Gasteiger partial charge in [0, 0.05) is 24.7 Å². The van der Waals surface area contributed by atoms with Gasteiger partial charge in [-0.05, 0) is 42.5 Å². The summed E-state index contributed by atoms with van der Waals surface area (Å²) in [5.41, 5.74) is 0. The summed E-state index contributed by atoms with van der Waals surface area (Å²) in [6.45, 7) is 1.70. The minimum Gasteiger partial charge on any atom is -0.497 e. The number of rotatable bonds is 4. The van der Waals surface area contributed by atoms with E-state index in [0.717, 1.165) is 48.3 Å². The summed E-state index contributed by atoms with van der Waals surface area (Å²) in [5, 5.41) is 5.63. The van der Waals surface area contributed by atoms with Gasteiger partial charge in [0.1, 0.15) is 11.6 Å². The third kappa shape index (κ3) is 2.63. The highest BCUT2D eigenvalue weighted by molar-refractivity contribution is 5.92. The van der Waals surface area contributed by atoms with Crippen LogP contribution in [0.3, 0.4) is 0 Å². The van der Waals surface area contributed by atoms with E-state index < -0.39 is 0 Å². The molecule has 1 aromatic heterocycles. The number of anilines is 1. The van der Waals surface area contributed by atoms with Crippen molar-refractivity contribution in [3.63, 3.8) is 0 Å². The van der Waals surface area contributed by atoms with Crippen LogP contribution >= 0.6 is 0 Å². The van der Waals surface area contributed by atoms with Crippen molar-refractivity contribution in [1.82, 2.24) is 4.98 Å². The molecule has 2 heterocycles. The fourth-order valence-corrected chi connectivity index (χ4v) is 2.44. The molecule has 0 bridgehead atoms. The first-order valence-electron chi connectivity index (χ1n) is 6.65. The lowest BCUT2D eigenvalue weighted by atomic mass is 10.1. The SMILES string of the molecule is COc1ccc2c(NCC3CCCO3)nccc2c1. The van der Waals surface area contributed by atoms with Gasteiger partial charge in [-0.3, -0.25) is 0 Å². The van der Waals surface area contributed by atoms with Gasteiger partial charge in [-0.15, -0.1) is 0 Å². The highest BCUT2D eigenvalue weighted by Gasteiger charge is 2.15. The molecule has 1 aromatic carbocycles. The van der Waals surface area contributed by atoms with E-state index in [1.807, 2.05) is 30.5 Å². The first kappa shape index (κ1) is 12.2. The molecule has 0 aliphatic carbocycles. The standard InChI is InChI=1S/C15H18N2O2/c1-18-12-4-5-14-11(9-12)6-7-16-15(14)17-10-13-3-2-8-19-13/h4-7,9,13H,2-3,8,10H2,1H3,(H,16,17). The van der Waals surface area contributed by atoms with Gasteiger partial charge in [0.2, 0.25) is 0 Å². The maximum absolute atomic E-state index is 5.61. The molecule has 4 nitrogen and oxygen atoms in total. The number of aromatic nitrogens is 1. The van der Waals surface area contributed by atoms with Crippen LogP contribution in [0.15, 0.2) is 30.5 Å². The minimum atomic E-state index is 0.315. The number of hydrogen-bond donors (Lipinski definition) is 1. The lowest BCUT2D eigenvalue weighted by molar-refractivity contribution is 0.120. The number of nitrogens with one attached hydrogen (secondary N) is 1. The predicted octanol–water partition coefficient (Wildman–Crippen LogP) is 2.83. The Morgan fingerprint density at radius 1 is 1.42 bits per heavy atom. The second-order valence-corrected chi connectivity index (χ2v) is 4.76. The van der Waals surface area contributed by atoms with Crippen LogP contribution in [-0.2, 0) is 4.74 Å². The molecule has 0 radical (unpaired) electrons. The van der Waals surface area contributed by atoms with Crippen molar-refractivity contribution in [1.29, 1.82) is 0 Å². The first-order valence-corrected chi connectivity index (χ1v) is 6.65. The Kier molecular flexibility index (Phi) is 3.51. The monoisotopic (exact) mass is 258 g/mol. The van der Waals surface area contributed by atoms with Crippen LogP contribution in [0.4, 0.5) is 5.82 Å². The van der Waals surface area contributed by atoms with Gasteiger partial charge in [-0.2, -0.15) is 0 Å². The van der Waals surface area contributed by atoms with E-state index in [0.29, 0.717) is 6.10 Å². The lowest BCUT2D eigenvalue weighted by Gasteiger charge is -2.13. The Bertz CT molecular complexity index is 565. The number of pyridine rings is 1. The summed E-state index contributed by atoms with van der Waals surface area (Å²) in [6.07, 6.45) is 4.42. The zero-order chi connectivity index (χ0) is 13.1. The molecular weight excluding hydrogens is 240 g/mol. The van der Waals surface area contributed by atoms with Crippen LogP contribution in [-0.4, -0.2) is 31.3 Å². The smallest absolute Gasteiger partial charge is 0.133 e. The molecule has 3 rings (SSSR count). The van der Waals surface area contributed by atoms with Gasteiger partial charge in [0.05, 0.1) is 13.2 Å². The van der Waals surface area contributed by atoms with Crippen molar-refractivity contribution >= 4 is 16.6 Å². The van der Waals surface area contributed by atoms with E-state index >= 15 is 0 Å². The molecule has 19 heavy (non-hydrogen) atoms. The molecule has 2 aromatic rings. The fourth-order valence-electron chi connectivity index (χ4n) is 2.44. The average molecular weight is 258 g/mol. The molecule has 1 aliphatic rings. The van der Waals surface area contributed by atoms with Gasteiger partial charge < -0.3 is 14.8 Å². The maximum Gasteiger partial charge on any atom is 0.133 e. The van der Waals surface area contributed by atoms with Crippen LogP contribution in [0.1, 0.15) is 12.8 Å². The quantitative estimate of drug-likeness (QED) is 0.915. The molecule has 0 saturated carbocycles. The molecule has 1 saturated heterocycles. The van der Waals surface area contributed by atoms with Gasteiger partial charge in [-0.25, -0.2) is 4.98 Å². The lowest BCUT2D eigenvalue weighted by Crippen LogP contribution is -2.19. The van der Waals surface area contributed by atoms with Crippen molar-refractivity contribution in [3.05, 3.63) is 30.5 Å². The molecule has 1 aliphatic heterocycles. The van der Waals surface area contributed by atoms with E-state index in [4.69, 9.17) is 9.47 Å². The molecule has 1 unspecified atom stereocenters. The first-order chi connectivity index (χ1) is 9.36. The van der Waals surface area contributed by atoms with Gasteiger partial charge in [0.25, 0.3) is 0 Å². The second-order valence-electron chi connectivity index (χ2n) is 4.76. The molecule has 0 spiro atoms. The molecule has 100 valence electrons. The van der Waals surface area contributed by atoms with E-state index in [9.17, 15) is 0 Å². The Morgan fingerprint density at radius 3 is 3.16 bits per heavy atom. The number of nitrogens with zero attached hydrogens (tertiary/aromatic N) is 1. The van der Waals surface area contributed by atoms with E-state index in [-0.39, 0.29) is 0 Å². The average Bonchev–Trinajstić information content (AvgIpc) is 2.97. The van der Waals surface area contributed by atoms with Crippen LogP contribution in [0.5, 0.6) is 5.75 Å². The Hall–Kier alpha value is -1.81. The molecule has 0 amide bonds. The molecule has 4 heteroatoms. The van der Waals surface area contributed by atoms with Gasteiger partial charge in [0.15, 0.2) is 0 Å². The number of methoxy groups -OCH3 is 1. The molecule has 1 atom stereocenters. The summed E-state index contributed by atoms with van der Waals surface area (Å²) in [4.78, 5) is 4.42. The summed E-state index contributed by atoms with van der Waals surface area (Å²) in [5.74, 6) is 1.78. The van der Waals surface area contributed by atoms with Crippen LogP contribution in [0, 0.1) is 0 Å². The van der Waals surface area contributed by atoms with Gasteiger partial charge >= 0.3 is 0 Å². The summed E-state index contributed by atoms with van der Waals surface area (Å²) < 4.78 is 10.9. The number of ether oxygens (including phenoxy) is 2. The number of hydrogen-bond acceptors (Lipinski definition) is 4. The third-order valence-electron chi connectivity index (χ3n) is 3.49. The molecular formula is C15H18N2O2. The van der Waals surface area contributed by atoms with Crippen molar-refractivity contribution in [2.75, 3.05) is 25.6 Å². The summed E-state index contributed by atoms with van der Waals surface area (Å²) in [6, 6.07) is 8.02. The van der Waals surface area contributed by atoms with E-state index in [1.165, 1.54) is 0 Å². The largest absolute Gasteiger partial charge is 0.497 e. The topological polar surface area (TPSA) is 43.4 Å². The third-order valence-corrected chi connectivity index (χ3v) is 3.49. The fraction of sp³-hybridized carbons (Fsp3) is 0.400. The minimum absolute atomic E-state index is 0.315. The molecule has 1 N–H and O–H groups in total. The maximum atomic E-state index is 5.61. The summed E-state index contributed by atoms with van der Waals surface area (Å²) >= 11 is 0. The number of benzene rings is 1. The Labute approximate surface area is 112 Å². The van der Waals surface area contributed by atoms with Crippen LogP contribution in [0.2, 0.25) is 0 Å². The van der Waals surface area contributed by atoms with E-state index in [2.05, 4.69) is 10.3 Å². The molecule has 1 fully saturated rings. The Balaban J connectivity index is 1.82. The van der Waals surface area contributed by atoms with Crippen molar-refractivity contribution < 1.29 is 9.47 Å². The second kappa shape index (κ2) is 5.45. The highest BCUT2D eigenvalue weighted by Crippen LogP contribution is 2.25. The van der Waals surface area contributed by atoms with Crippen LogP contribution < -0.4 is 10.1 Å². The zero-order valence-electron chi connectivity index (χ0n) is 11.1. The van der Waals surface area contributed by atoms with Crippen LogP contribution in [0.25, 0.3) is 10.8 Å². The number of fused-ring (bicyclic) bond motifs is 1. The van der Waals surface area contributed by atoms with Crippen molar-refractivity contribution in [3.8, 4) is 5.75 Å². The van der Waals surface area contributed by atoms with Gasteiger partial charge in [-0.1, -0.05) is 0 Å². The summed E-state index contributed by atoms with van der Waals surface area (Å²) in [7, 11) is 1.68. The van der Waals surface area contributed by atoms with Crippen molar-refractivity contribution in [2.24, 2.45) is 0 Å². The predicted molar refractivity (Wildman–Crippen MR) is 75.8 cm³/mol. The normalized spacial score (nSPS) is 18.7. The van der Waals surface area contributed by atoms with E-state index in [1.54, 1.807) is 7.11 Å². The Morgan fingerprint density at radius 2 is 2.37 bits per heavy atom. The zero-order valence-corrected chi connectivity index (χ0v) is 11.1. The van der Waals surface area contributed by atoms with Crippen molar-refractivity contribution in [2.45, 2.75) is 18.9 Å². The highest BCUT2D eigenvalue weighted by atomic mass is 16.5.